The van der Waals surface area contributed by atoms with Gasteiger partial charge in [-0.1, -0.05) is 37.3 Å². The molecule has 1 fully saturated rings. The Hall–Kier alpha value is -1.54. The molecule has 2 atom stereocenters. The first-order valence-electron chi connectivity index (χ1n) is 6.62. The van der Waals surface area contributed by atoms with Crippen LogP contribution in [0.25, 0.3) is 5.57 Å². The molecule has 0 radical (unpaired) electrons. The molecule has 18 heavy (non-hydrogen) atoms. The van der Waals surface area contributed by atoms with E-state index in [1.807, 2.05) is 6.08 Å². The lowest BCUT2D eigenvalue weighted by Gasteiger charge is -2.19. The third-order valence-electron chi connectivity index (χ3n) is 3.78. The van der Waals surface area contributed by atoms with E-state index < -0.39 is 0 Å². The summed E-state index contributed by atoms with van der Waals surface area (Å²) in [4.78, 5) is 0. The van der Waals surface area contributed by atoms with Crippen molar-refractivity contribution in [3.63, 3.8) is 0 Å². The van der Waals surface area contributed by atoms with E-state index >= 15 is 0 Å². The molecule has 0 spiro atoms. The zero-order valence-corrected chi connectivity index (χ0v) is 11.2. The monoisotopic (exact) mass is 242 g/mol. The number of nitrogens with two attached hydrogens (primary N) is 1. The molecule has 0 amide bonds. The Bertz CT molecular complexity index is 460. The first kappa shape index (κ1) is 12.9. The average Bonchev–Trinajstić information content (AvgIpc) is 2.82. The maximum Gasteiger partial charge on any atom is 0.00235 e. The topological polar surface area (TPSA) is 38.0 Å². The molecule has 1 aliphatic heterocycles. The Labute approximate surface area is 110 Å². The van der Waals surface area contributed by atoms with Gasteiger partial charge in [0.2, 0.25) is 0 Å². The van der Waals surface area contributed by atoms with E-state index in [0.717, 1.165) is 13.1 Å². The minimum atomic E-state index is 0.599. The molecule has 0 saturated carbocycles. The largest absolute Gasteiger partial charge is 0.405 e. The number of benzene rings is 1. The number of rotatable bonds is 3. The van der Waals surface area contributed by atoms with Gasteiger partial charge in [-0.3, -0.25) is 0 Å². The predicted octanol–water partition coefficient (Wildman–Crippen LogP) is 2.89. The molecule has 3 N–H and O–H groups in total. The van der Waals surface area contributed by atoms with Crippen LogP contribution in [0.15, 0.2) is 42.6 Å². The predicted molar refractivity (Wildman–Crippen MR) is 78.2 cm³/mol. The first-order chi connectivity index (χ1) is 8.77. The Morgan fingerprint density at radius 3 is 2.72 bits per heavy atom. The Morgan fingerprint density at radius 2 is 2.11 bits per heavy atom. The molecule has 0 aromatic heterocycles. The molecule has 1 aromatic carbocycles. The summed E-state index contributed by atoms with van der Waals surface area (Å²) in [6.45, 7) is 6.55. The van der Waals surface area contributed by atoms with Crippen molar-refractivity contribution in [2.75, 3.05) is 13.1 Å². The van der Waals surface area contributed by atoms with Crippen molar-refractivity contribution in [3.05, 3.63) is 53.7 Å². The SMILES string of the molecule is C/C=C(\C=C/N)c1ccccc1C1CNC[C@H]1C. The van der Waals surface area contributed by atoms with Gasteiger partial charge in [-0.05, 0) is 48.4 Å². The molecule has 96 valence electrons. The summed E-state index contributed by atoms with van der Waals surface area (Å²) >= 11 is 0. The van der Waals surface area contributed by atoms with E-state index in [1.54, 1.807) is 6.20 Å². The third-order valence-corrected chi connectivity index (χ3v) is 3.78. The molecule has 0 bridgehead atoms. The summed E-state index contributed by atoms with van der Waals surface area (Å²) in [5.41, 5.74) is 9.48. The molecule has 2 nitrogen and oxygen atoms in total. The van der Waals surface area contributed by atoms with E-state index in [2.05, 4.69) is 49.5 Å². The fourth-order valence-corrected chi connectivity index (χ4v) is 2.75. The van der Waals surface area contributed by atoms with Gasteiger partial charge in [0.15, 0.2) is 0 Å². The third kappa shape index (κ3) is 2.49. The highest BCUT2D eigenvalue weighted by atomic mass is 14.9. The van der Waals surface area contributed by atoms with E-state index in [4.69, 9.17) is 5.73 Å². The molecular formula is C16H22N2. The summed E-state index contributed by atoms with van der Waals surface area (Å²) in [7, 11) is 0. The van der Waals surface area contributed by atoms with Crippen LogP contribution in [0.1, 0.15) is 30.9 Å². The number of hydrogen-bond donors (Lipinski definition) is 2. The van der Waals surface area contributed by atoms with Crippen molar-refractivity contribution in [3.8, 4) is 0 Å². The Kier molecular flexibility index (Phi) is 4.21. The van der Waals surface area contributed by atoms with Gasteiger partial charge in [-0.15, -0.1) is 0 Å². The molecule has 2 rings (SSSR count). The van der Waals surface area contributed by atoms with E-state index in [0.29, 0.717) is 11.8 Å². The number of hydrogen-bond acceptors (Lipinski definition) is 2. The van der Waals surface area contributed by atoms with E-state index in [-0.39, 0.29) is 0 Å². The van der Waals surface area contributed by atoms with E-state index in [9.17, 15) is 0 Å². The van der Waals surface area contributed by atoms with Crippen molar-refractivity contribution in [1.29, 1.82) is 0 Å². The highest BCUT2D eigenvalue weighted by Gasteiger charge is 2.26. The Morgan fingerprint density at radius 1 is 1.33 bits per heavy atom. The van der Waals surface area contributed by atoms with Crippen LogP contribution in [0.3, 0.4) is 0 Å². The van der Waals surface area contributed by atoms with Gasteiger partial charge in [-0.25, -0.2) is 0 Å². The molecule has 0 aliphatic carbocycles. The van der Waals surface area contributed by atoms with E-state index in [1.165, 1.54) is 16.7 Å². The van der Waals surface area contributed by atoms with Crippen molar-refractivity contribution in [2.45, 2.75) is 19.8 Å². The maximum absolute atomic E-state index is 5.54. The zero-order valence-electron chi connectivity index (χ0n) is 11.2. The first-order valence-corrected chi connectivity index (χ1v) is 6.62. The quantitative estimate of drug-likeness (QED) is 0.800. The summed E-state index contributed by atoms with van der Waals surface area (Å²) in [5.74, 6) is 1.29. The highest BCUT2D eigenvalue weighted by Crippen LogP contribution is 2.33. The molecule has 1 heterocycles. The molecule has 1 unspecified atom stereocenters. The standard InChI is InChI=1S/C16H22N2/c1-3-13(8-9-17)14-6-4-5-7-15(14)16-11-18-10-12(16)2/h3-9,12,16,18H,10-11,17H2,1-2H3/b9-8-,13-3+/t12-,16?/m1/s1. The molecular weight excluding hydrogens is 220 g/mol. The lowest BCUT2D eigenvalue weighted by atomic mass is 9.85. The van der Waals surface area contributed by atoms with Crippen LogP contribution in [0.2, 0.25) is 0 Å². The summed E-state index contributed by atoms with van der Waals surface area (Å²) < 4.78 is 0. The second-order valence-corrected chi connectivity index (χ2v) is 4.93. The second kappa shape index (κ2) is 5.87. The minimum absolute atomic E-state index is 0.599. The fourth-order valence-electron chi connectivity index (χ4n) is 2.75. The summed E-state index contributed by atoms with van der Waals surface area (Å²) in [6, 6.07) is 8.66. The van der Waals surface area contributed by atoms with Gasteiger partial charge in [-0.2, -0.15) is 0 Å². The van der Waals surface area contributed by atoms with Gasteiger partial charge in [0.25, 0.3) is 0 Å². The lowest BCUT2D eigenvalue weighted by molar-refractivity contribution is 0.571. The van der Waals surface area contributed by atoms with Crippen molar-refractivity contribution < 1.29 is 0 Å². The van der Waals surface area contributed by atoms with Gasteiger partial charge >= 0.3 is 0 Å². The van der Waals surface area contributed by atoms with Crippen LogP contribution in [-0.4, -0.2) is 13.1 Å². The average molecular weight is 242 g/mol. The fraction of sp³-hybridized carbons (Fsp3) is 0.375. The Balaban J connectivity index is 2.42. The summed E-state index contributed by atoms with van der Waals surface area (Å²) in [6.07, 6.45) is 5.71. The molecule has 2 heteroatoms. The van der Waals surface area contributed by atoms with Crippen LogP contribution in [-0.2, 0) is 0 Å². The highest BCUT2D eigenvalue weighted by molar-refractivity contribution is 5.76. The molecule has 1 aromatic rings. The molecule has 1 saturated heterocycles. The van der Waals surface area contributed by atoms with Gasteiger partial charge < -0.3 is 11.1 Å². The van der Waals surface area contributed by atoms with Crippen LogP contribution < -0.4 is 11.1 Å². The van der Waals surface area contributed by atoms with Crippen LogP contribution in [0.4, 0.5) is 0 Å². The van der Waals surface area contributed by atoms with Crippen LogP contribution in [0.5, 0.6) is 0 Å². The normalized spacial score (nSPS) is 24.9. The number of allylic oxidation sites excluding steroid dienone is 3. The van der Waals surface area contributed by atoms with Crippen molar-refractivity contribution >= 4 is 5.57 Å². The lowest BCUT2D eigenvalue weighted by Crippen LogP contribution is -2.10. The van der Waals surface area contributed by atoms with Crippen molar-refractivity contribution in [2.24, 2.45) is 11.7 Å². The van der Waals surface area contributed by atoms with Crippen LogP contribution in [0, 0.1) is 5.92 Å². The van der Waals surface area contributed by atoms with Gasteiger partial charge in [0.1, 0.15) is 0 Å². The maximum atomic E-state index is 5.54. The van der Waals surface area contributed by atoms with Crippen LogP contribution >= 0.6 is 0 Å². The second-order valence-electron chi connectivity index (χ2n) is 4.93. The summed E-state index contributed by atoms with van der Waals surface area (Å²) in [5, 5.41) is 3.47. The van der Waals surface area contributed by atoms with Gasteiger partial charge in [0, 0.05) is 12.5 Å². The zero-order chi connectivity index (χ0) is 13.0. The minimum Gasteiger partial charge on any atom is -0.405 e. The molecule has 1 aliphatic rings. The van der Waals surface area contributed by atoms with Gasteiger partial charge in [0.05, 0.1) is 0 Å². The van der Waals surface area contributed by atoms with Crippen molar-refractivity contribution in [1.82, 2.24) is 5.32 Å². The smallest absolute Gasteiger partial charge is 0.00235 e. The number of nitrogens with one attached hydrogen (secondary N) is 1.